The number of nitrogens with zero attached hydrogens (tertiary/aromatic N) is 2. The predicted octanol–water partition coefficient (Wildman–Crippen LogP) is 4.00. The van der Waals surface area contributed by atoms with Gasteiger partial charge in [-0.3, -0.25) is 4.98 Å². The van der Waals surface area contributed by atoms with Crippen molar-refractivity contribution >= 4 is 20.9 Å². The third-order valence-electron chi connectivity index (χ3n) is 3.97. The van der Waals surface area contributed by atoms with E-state index in [1.54, 1.807) is 48.7 Å². The molecule has 0 bridgehead atoms. The second-order valence-electron chi connectivity index (χ2n) is 6.01. The molecule has 0 N–H and O–H groups in total. The molecule has 0 aliphatic carbocycles. The lowest BCUT2D eigenvalue weighted by Gasteiger charge is -2.22. The summed E-state index contributed by atoms with van der Waals surface area (Å²) < 4.78 is 53.2. The number of halogens is 2. The van der Waals surface area contributed by atoms with E-state index in [2.05, 4.69) is 4.98 Å². The van der Waals surface area contributed by atoms with E-state index in [1.807, 2.05) is 13.0 Å². The predicted molar refractivity (Wildman–Crippen MR) is 96.5 cm³/mol. The van der Waals surface area contributed by atoms with Crippen LogP contribution in [-0.4, -0.2) is 30.7 Å². The highest BCUT2D eigenvalue weighted by molar-refractivity contribution is 7.89. The summed E-state index contributed by atoms with van der Waals surface area (Å²) in [6.07, 6.45) is -1.21. The Hall–Kier alpha value is -2.38. The molecule has 2 aromatic carbocycles. The number of rotatable bonds is 6. The summed E-state index contributed by atoms with van der Waals surface area (Å²) >= 11 is 0. The number of pyridine rings is 1. The van der Waals surface area contributed by atoms with Crippen molar-refractivity contribution in [3.05, 3.63) is 71.9 Å². The summed E-state index contributed by atoms with van der Waals surface area (Å²) in [5.74, 6) is 0. The fourth-order valence-electron chi connectivity index (χ4n) is 2.78. The third kappa shape index (κ3) is 3.89. The van der Waals surface area contributed by atoms with Crippen molar-refractivity contribution in [2.75, 3.05) is 6.54 Å². The number of benzene rings is 2. The highest BCUT2D eigenvalue weighted by Crippen LogP contribution is 2.26. The van der Waals surface area contributed by atoms with Crippen LogP contribution in [0.1, 0.15) is 11.1 Å². The molecule has 0 spiro atoms. The topological polar surface area (TPSA) is 50.3 Å². The van der Waals surface area contributed by atoms with Gasteiger partial charge in [0.1, 0.15) is 4.90 Å². The van der Waals surface area contributed by atoms with Crippen LogP contribution in [0.4, 0.5) is 8.78 Å². The molecule has 0 saturated heterocycles. The van der Waals surface area contributed by atoms with Gasteiger partial charge in [-0.15, -0.1) is 0 Å². The summed E-state index contributed by atoms with van der Waals surface area (Å²) in [7, 11) is -4.14. The fourth-order valence-corrected chi connectivity index (χ4v) is 4.35. The van der Waals surface area contributed by atoms with Crippen LogP contribution in [0, 0.1) is 6.92 Å². The van der Waals surface area contributed by atoms with Crippen molar-refractivity contribution in [2.24, 2.45) is 0 Å². The Morgan fingerprint density at radius 1 is 1.08 bits per heavy atom. The van der Waals surface area contributed by atoms with Crippen molar-refractivity contribution in [1.29, 1.82) is 0 Å². The molecule has 0 amide bonds. The molecule has 1 aromatic heterocycles. The molecule has 3 aromatic rings. The maximum Gasteiger partial charge on any atom is 0.252 e. The highest BCUT2D eigenvalue weighted by Gasteiger charge is 2.29. The zero-order valence-corrected chi connectivity index (χ0v) is 15.0. The quantitative estimate of drug-likeness (QED) is 0.653. The molecule has 136 valence electrons. The van der Waals surface area contributed by atoms with Crippen molar-refractivity contribution in [3.8, 4) is 0 Å². The summed E-state index contributed by atoms with van der Waals surface area (Å²) in [6, 6.07) is 15.3. The van der Waals surface area contributed by atoms with E-state index in [0.29, 0.717) is 10.9 Å². The Morgan fingerprint density at radius 2 is 1.81 bits per heavy atom. The monoisotopic (exact) mass is 376 g/mol. The van der Waals surface area contributed by atoms with Crippen LogP contribution in [0.2, 0.25) is 0 Å². The molecule has 0 aliphatic rings. The number of para-hydroxylation sites is 1. The lowest BCUT2D eigenvalue weighted by Crippen LogP contribution is -2.34. The van der Waals surface area contributed by atoms with E-state index in [9.17, 15) is 17.2 Å². The van der Waals surface area contributed by atoms with Crippen LogP contribution in [0.15, 0.2) is 65.7 Å². The first kappa shape index (κ1) is 18.4. The number of hydrogen-bond donors (Lipinski definition) is 0. The lowest BCUT2D eigenvalue weighted by atomic mass is 10.2. The number of alkyl halides is 2. The molecule has 0 saturated carbocycles. The summed E-state index contributed by atoms with van der Waals surface area (Å²) in [4.78, 5) is 4.16. The number of aromatic nitrogens is 1. The van der Waals surface area contributed by atoms with Crippen molar-refractivity contribution in [3.63, 3.8) is 0 Å². The molecule has 1 heterocycles. The largest absolute Gasteiger partial charge is 0.255 e. The van der Waals surface area contributed by atoms with Gasteiger partial charge in [0.05, 0.1) is 12.1 Å². The molecule has 26 heavy (non-hydrogen) atoms. The number of sulfonamides is 1. The summed E-state index contributed by atoms with van der Waals surface area (Å²) in [5, 5.41) is 0.655. The number of hydrogen-bond acceptors (Lipinski definition) is 3. The van der Waals surface area contributed by atoms with Gasteiger partial charge < -0.3 is 0 Å². The van der Waals surface area contributed by atoms with Crippen LogP contribution in [0.3, 0.4) is 0 Å². The van der Waals surface area contributed by atoms with Gasteiger partial charge in [-0.1, -0.05) is 42.5 Å². The maximum absolute atomic E-state index is 13.1. The first-order chi connectivity index (χ1) is 12.4. The average Bonchev–Trinajstić information content (AvgIpc) is 2.61. The maximum atomic E-state index is 13.1. The van der Waals surface area contributed by atoms with Crippen molar-refractivity contribution in [2.45, 2.75) is 24.8 Å². The van der Waals surface area contributed by atoms with Gasteiger partial charge in [-0.2, -0.15) is 4.31 Å². The van der Waals surface area contributed by atoms with Gasteiger partial charge in [0.15, 0.2) is 0 Å². The second-order valence-corrected chi connectivity index (χ2v) is 7.92. The van der Waals surface area contributed by atoms with Gasteiger partial charge in [0.25, 0.3) is 6.43 Å². The van der Waals surface area contributed by atoms with Crippen LogP contribution in [0.25, 0.3) is 10.9 Å². The van der Waals surface area contributed by atoms with E-state index in [-0.39, 0.29) is 17.0 Å². The van der Waals surface area contributed by atoms with Crippen LogP contribution in [0.5, 0.6) is 0 Å². The normalized spacial score (nSPS) is 12.2. The Bertz CT molecular complexity index is 1010. The van der Waals surface area contributed by atoms with Crippen molar-refractivity contribution < 1.29 is 17.2 Å². The van der Waals surface area contributed by atoms with Crippen molar-refractivity contribution in [1.82, 2.24) is 9.29 Å². The third-order valence-corrected chi connectivity index (χ3v) is 5.82. The number of fused-ring (bicyclic) bond motifs is 1. The van der Waals surface area contributed by atoms with Gasteiger partial charge >= 0.3 is 0 Å². The first-order valence-corrected chi connectivity index (χ1v) is 9.49. The smallest absolute Gasteiger partial charge is 0.252 e. The number of aryl methyl sites for hydroxylation is 1. The summed E-state index contributed by atoms with van der Waals surface area (Å²) in [5.41, 5.74) is 1.81. The fraction of sp³-hybridized carbons (Fsp3) is 0.211. The van der Waals surface area contributed by atoms with Crippen LogP contribution >= 0.6 is 0 Å². The zero-order chi connectivity index (χ0) is 18.7. The van der Waals surface area contributed by atoms with Gasteiger partial charge in [0, 0.05) is 18.1 Å². The van der Waals surface area contributed by atoms with Gasteiger partial charge in [-0.25, -0.2) is 17.2 Å². The average molecular weight is 376 g/mol. The standard InChI is InChI=1S/C19H18F2N2O2S/c1-14-10-16-8-5-9-17(19(16)22-11-14)26(24,25)23(13-18(20)21)12-15-6-3-2-4-7-15/h2-11,18H,12-13H2,1H3. The Balaban J connectivity index is 2.08. The van der Waals surface area contributed by atoms with E-state index in [1.165, 1.54) is 6.07 Å². The second kappa shape index (κ2) is 7.47. The molecule has 0 aliphatic heterocycles. The molecule has 7 heteroatoms. The Morgan fingerprint density at radius 3 is 2.50 bits per heavy atom. The SMILES string of the molecule is Cc1cnc2c(S(=O)(=O)N(Cc3ccccc3)CC(F)F)cccc2c1. The zero-order valence-electron chi connectivity index (χ0n) is 14.1. The van der Waals surface area contributed by atoms with Gasteiger partial charge in [-0.05, 0) is 30.2 Å². The van der Waals surface area contributed by atoms with Crippen LogP contribution < -0.4 is 0 Å². The lowest BCUT2D eigenvalue weighted by molar-refractivity contribution is 0.118. The first-order valence-electron chi connectivity index (χ1n) is 8.05. The molecule has 0 fully saturated rings. The Labute approximate surface area is 151 Å². The van der Waals surface area contributed by atoms with E-state index in [0.717, 1.165) is 9.87 Å². The molecule has 4 nitrogen and oxygen atoms in total. The van der Waals surface area contributed by atoms with Crippen LogP contribution in [-0.2, 0) is 16.6 Å². The molecular formula is C19H18F2N2O2S. The minimum absolute atomic E-state index is 0.0634. The molecule has 0 unspecified atom stereocenters. The van der Waals surface area contributed by atoms with Gasteiger partial charge in [0.2, 0.25) is 10.0 Å². The minimum atomic E-state index is -4.14. The summed E-state index contributed by atoms with van der Waals surface area (Å²) in [6.45, 7) is 0.849. The van der Waals surface area contributed by atoms with E-state index >= 15 is 0 Å². The van der Waals surface area contributed by atoms with E-state index in [4.69, 9.17) is 0 Å². The molecule has 0 radical (unpaired) electrons. The molecule has 0 atom stereocenters. The highest BCUT2D eigenvalue weighted by atomic mass is 32.2. The molecule has 3 rings (SSSR count). The molecular weight excluding hydrogens is 358 g/mol. The minimum Gasteiger partial charge on any atom is -0.255 e. The van der Waals surface area contributed by atoms with E-state index < -0.39 is 23.0 Å². The Kier molecular flexibility index (Phi) is 5.29.